The minimum atomic E-state index is -0.0661. The molecule has 0 aromatic heterocycles. The fourth-order valence-corrected chi connectivity index (χ4v) is 1.68. The first-order valence-corrected chi connectivity index (χ1v) is 5.65. The van der Waals surface area contributed by atoms with Gasteiger partial charge in [0.15, 0.2) is 0 Å². The molecule has 0 saturated carbocycles. The number of halogens is 1. The second-order valence-corrected chi connectivity index (χ2v) is 4.14. The zero-order valence-electron chi connectivity index (χ0n) is 9.24. The molecule has 0 radical (unpaired) electrons. The highest BCUT2D eigenvalue weighted by Crippen LogP contribution is 2.23. The van der Waals surface area contributed by atoms with Gasteiger partial charge in [-0.05, 0) is 31.0 Å². The van der Waals surface area contributed by atoms with E-state index in [1.54, 1.807) is 0 Å². The molecule has 84 valence electrons. The lowest BCUT2D eigenvalue weighted by atomic mass is 10.0. The molecule has 0 aliphatic carbocycles. The Morgan fingerprint density at radius 1 is 1.47 bits per heavy atom. The molecule has 2 nitrogen and oxygen atoms in total. The van der Waals surface area contributed by atoms with Crippen molar-refractivity contribution in [2.24, 2.45) is 5.73 Å². The van der Waals surface area contributed by atoms with Crippen molar-refractivity contribution in [3.8, 4) is 0 Å². The van der Waals surface area contributed by atoms with E-state index in [9.17, 15) is 0 Å². The van der Waals surface area contributed by atoms with Crippen LogP contribution in [-0.2, 0) is 4.74 Å². The summed E-state index contributed by atoms with van der Waals surface area (Å²) in [5.74, 6) is 0. The van der Waals surface area contributed by atoms with Crippen LogP contribution in [0.2, 0.25) is 5.02 Å². The van der Waals surface area contributed by atoms with Gasteiger partial charge in [-0.25, -0.2) is 0 Å². The molecular formula is C12H18ClNO. The fourth-order valence-electron chi connectivity index (χ4n) is 1.48. The van der Waals surface area contributed by atoms with Crippen molar-refractivity contribution in [1.82, 2.24) is 0 Å². The van der Waals surface area contributed by atoms with Crippen LogP contribution >= 0.6 is 11.6 Å². The fraction of sp³-hybridized carbons (Fsp3) is 0.500. The molecule has 15 heavy (non-hydrogen) atoms. The standard InChI is InChI=1S/C12H18ClNO/c1-3-7-15-12(9(2)14)10-5-4-6-11(13)8-10/h4-6,8-9,12H,3,7,14H2,1-2H3. The quantitative estimate of drug-likeness (QED) is 0.839. The monoisotopic (exact) mass is 227 g/mol. The van der Waals surface area contributed by atoms with Crippen LogP contribution in [0.3, 0.4) is 0 Å². The SMILES string of the molecule is CCCOC(c1cccc(Cl)c1)C(C)N. The van der Waals surface area contributed by atoms with E-state index in [2.05, 4.69) is 6.92 Å². The third kappa shape index (κ3) is 3.82. The highest BCUT2D eigenvalue weighted by Gasteiger charge is 2.16. The summed E-state index contributed by atoms with van der Waals surface area (Å²) >= 11 is 5.93. The molecule has 0 aliphatic rings. The second-order valence-electron chi connectivity index (χ2n) is 3.71. The van der Waals surface area contributed by atoms with Gasteiger partial charge < -0.3 is 10.5 Å². The van der Waals surface area contributed by atoms with E-state index in [0.717, 1.165) is 23.6 Å². The molecule has 0 heterocycles. The lowest BCUT2D eigenvalue weighted by molar-refractivity contribution is 0.0387. The maximum Gasteiger partial charge on any atom is 0.0973 e. The summed E-state index contributed by atoms with van der Waals surface area (Å²) in [6, 6.07) is 7.64. The van der Waals surface area contributed by atoms with E-state index in [-0.39, 0.29) is 12.1 Å². The van der Waals surface area contributed by atoms with Gasteiger partial charge in [-0.3, -0.25) is 0 Å². The molecule has 3 heteroatoms. The van der Waals surface area contributed by atoms with Crippen molar-refractivity contribution >= 4 is 11.6 Å². The smallest absolute Gasteiger partial charge is 0.0973 e. The van der Waals surface area contributed by atoms with Crippen LogP contribution in [0.15, 0.2) is 24.3 Å². The molecule has 1 aromatic carbocycles. The topological polar surface area (TPSA) is 35.2 Å². The normalized spacial score (nSPS) is 14.9. The Bertz CT molecular complexity index is 301. The molecule has 1 aromatic rings. The number of benzene rings is 1. The minimum Gasteiger partial charge on any atom is -0.372 e. The minimum absolute atomic E-state index is 0.0324. The van der Waals surface area contributed by atoms with Gasteiger partial charge in [-0.2, -0.15) is 0 Å². The van der Waals surface area contributed by atoms with E-state index in [0.29, 0.717) is 0 Å². The molecule has 0 bridgehead atoms. The van der Waals surface area contributed by atoms with Crippen molar-refractivity contribution in [2.45, 2.75) is 32.4 Å². The van der Waals surface area contributed by atoms with Gasteiger partial charge in [-0.1, -0.05) is 30.7 Å². The van der Waals surface area contributed by atoms with Crippen LogP contribution in [-0.4, -0.2) is 12.6 Å². The van der Waals surface area contributed by atoms with Gasteiger partial charge in [0.05, 0.1) is 6.10 Å². The van der Waals surface area contributed by atoms with Crippen molar-refractivity contribution < 1.29 is 4.74 Å². The molecule has 0 aliphatic heterocycles. The van der Waals surface area contributed by atoms with Gasteiger partial charge in [0.2, 0.25) is 0 Å². The predicted molar refractivity (Wildman–Crippen MR) is 64.1 cm³/mol. The average Bonchev–Trinajstić information content (AvgIpc) is 2.18. The van der Waals surface area contributed by atoms with Crippen LogP contribution in [0.5, 0.6) is 0 Å². The summed E-state index contributed by atoms with van der Waals surface area (Å²) < 4.78 is 5.71. The lowest BCUT2D eigenvalue weighted by Gasteiger charge is -2.21. The third-order valence-corrected chi connectivity index (χ3v) is 2.39. The van der Waals surface area contributed by atoms with Crippen LogP contribution in [0, 0.1) is 0 Å². The van der Waals surface area contributed by atoms with Crippen LogP contribution in [0.4, 0.5) is 0 Å². The summed E-state index contributed by atoms with van der Waals surface area (Å²) in [4.78, 5) is 0. The maximum atomic E-state index is 5.93. The van der Waals surface area contributed by atoms with Crippen LogP contribution in [0.25, 0.3) is 0 Å². The number of hydrogen-bond donors (Lipinski definition) is 1. The summed E-state index contributed by atoms with van der Waals surface area (Å²) in [5, 5.41) is 0.721. The highest BCUT2D eigenvalue weighted by molar-refractivity contribution is 6.30. The van der Waals surface area contributed by atoms with E-state index in [4.69, 9.17) is 22.1 Å². The number of rotatable bonds is 5. The predicted octanol–water partition coefficient (Wildman–Crippen LogP) is 3.15. The van der Waals surface area contributed by atoms with Gasteiger partial charge >= 0.3 is 0 Å². The van der Waals surface area contributed by atoms with Crippen molar-refractivity contribution in [1.29, 1.82) is 0 Å². The molecule has 0 saturated heterocycles. The van der Waals surface area contributed by atoms with Crippen LogP contribution < -0.4 is 5.73 Å². The highest BCUT2D eigenvalue weighted by atomic mass is 35.5. The van der Waals surface area contributed by atoms with Crippen molar-refractivity contribution in [3.05, 3.63) is 34.9 Å². The maximum absolute atomic E-state index is 5.93. The Morgan fingerprint density at radius 2 is 2.20 bits per heavy atom. The Balaban J connectivity index is 2.79. The van der Waals surface area contributed by atoms with Gasteiger partial charge in [0, 0.05) is 17.7 Å². The Labute approximate surface area is 96.4 Å². The van der Waals surface area contributed by atoms with E-state index >= 15 is 0 Å². The Kier molecular flexibility index (Phi) is 5.09. The zero-order chi connectivity index (χ0) is 11.3. The second kappa shape index (κ2) is 6.11. The average molecular weight is 228 g/mol. The largest absolute Gasteiger partial charge is 0.372 e. The summed E-state index contributed by atoms with van der Waals surface area (Å²) in [7, 11) is 0. The molecule has 2 N–H and O–H groups in total. The van der Waals surface area contributed by atoms with E-state index in [1.165, 1.54) is 0 Å². The van der Waals surface area contributed by atoms with Crippen molar-refractivity contribution in [2.75, 3.05) is 6.61 Å². The Morgan fingerprint density at radius 3 is 2.73 bits per heavy atom. The summed E-state index contributed by atoms with van der Waals surface area (Å²) in [5.41, 5.74) is 6.94. The molecule has 0 fully saturated rings. The molecule has 1 rings (SSSR count). The molecule has 0 spiro atoms. The van der Waals surface area contributed by atoms with E-state index < -0.39 is 0 Å². The van der Waals surface area contributed by atoms with Gasteiger partial charge in [0.1, 0.15) is 0 Å². The first-order valence-electron chi connectivity index (χ1n) is 5.27. The molecule has 2 atom stereocenters. The zero-order valence-corrected chi connectivity index (χ0v) is 10.00. The molecule has 0 amide bonds. The molecule has 2 unspecified atom stereocenters. The van der Waals surface area contributed by atoms with Gasteiger partial charge in [-0.15, -0.1) is 0 Å². The van der Waals surface area contributed by atoms with Crippen molar-refractivity contribution in [3.63, 3.8) is 0 Å². The van der Waals surface area contributed by atoms with E-state index in [1.807, 2.05) is 31.2 Å². The number of hydrogen-bond acceptors (Lipinski definition) is 2. The molecular weight excluding hydrogens is 210 g/mol. The first kappa shape index (κ1) is 12.5. The summed E-state index contributed by atoms with van der Waals surface area (Å²) in [6.45, 7) is 4.75. The lowest BCUT2D eigenvalue weighted by Crippen LogP contribution is -2.27. The number of nitrogens with two attached hydrogens (primary N) is 1. The summed E-state index contributed by atoms with van der Waals surface area (Å²) in [6.07, 6.45) is 0.924. The first-order chi connectivity index (χ1) is 7.15. The Hall–Kier alpha value is -0.570. The van der Waals surface area contributed by atoms with Crippen LogP contribution in [0.1, 0.15) is 31.9 Å². The van der Waals surface area contributed by atoms with Gasteiger partial charge in [0.25, 0.3) is 0 Å². The third-order valence-electron chi connectivity index (χ3n) is 2.16. The number of ether oxygens (including phenoxy) is 1.